The van der Waals surface area contributed by atoms with Crippen molar-refractivity contribution < 1.29 is 8.78 Å². The Kier molecular flexibility index (Phi) is 4.45. The molecule has 1 unspecified atom stereocenters. The Balaban J connectivity index is 2.67. The zero-order chi connectivity index (χ0) is 11.5. The van der Waals surface area contributed by atoms with E-state index in [1.54, 1.807) is 0 Å². The summed E-state index contributed by atoms with van der Waals surface area (Å²) in [6.07, 6.45) is 1.04. The molecule has 0 radical (unpaired) electrons. The number of halogens is 3. The van der Waals surface area contributed by atoms with Gasteiger partial charge in [0, 0.05) is 16.2 Å². The van der Waals surface area contributed by atoms with Crippen molar-refractivity contribution in [1.29, 1.82) is 0 Å². The molecule has 3 N–H and O–H groups in total. The van der Waals surface area contributed by atoms with Gasteiger partial charge in [-0.3, -0.25) is 5.84 Å². The van der Waals surface area contributed by atoms with E-state index in [0.717, 1.165) is 11.3 Å². The van der Waals surface area contributed by atoms with Crippen molar-refractivity contribution in [2.24, 2.45) is 5.84 Å². The van der Waals surface area contributed by atoms with Crippen molar-refractivity contribution in [3.05, 3.63) is 21.9 Å². The van der Waals surface area contributed by atoms with Crippen LogP contribution in [0.4, 0.5) is 8.78 Å². The van der Waals surface area contributed by atoms with Gasteiger partial charge in [-0.2, -0.15) is 8.78 Å². The summed E-state index contributed by atoms with van der Waals surface area (Å²) >= 11 is 6.42. The van der Waals surface area contributed by atoms with E-state index in [2.05, 4.69) is 0 Å². The largest absolute Gasteiger partial charge is 0.338 e. The Morgan fingerprint density at radius 1 is 1.53 bits per heavy atom. The van der Waals surface area contributed by atoms with Crippen LogP contribution in [0.25, 0.3) is 0 Å². The first-order valence-corrected chi connectivity index (χ1v) is 5.77. The van der Waals surface area contributed by atoms with Gasteiger partial charge in [0.1, 0.15) is 6.04 Å². The second-order valence-corrected chi connectivity index (χ2v) is 4.94. The van der Waals surface area contributed by atoms with Crippen LogP contribution in [0.3, 0.4) is 0 Å². The van der Waals surface area contributed by atoms with Gasteiger partial charge in [0.05, 0.1) is 0 Å². The third-order valence-electron chi connectivity index (χ3n) is 2.07. The molecule has 0 amide bonds. The standard InChI is InChI=1S/C9H13ClF2N2S/c1-2-6-3-4-7(15-6)5-8(14-13)9(10,11)12/h3-4,8,14H,2,5,13H2,1H3. The minimum atomic E-state index is -3.33. The van der Waals surface area contributed by atoms with Crippen LogP contribution in [-0.2, 0) is 12.8 Å². The molecular weight excluding hydrogens is 242 g/mol. The molecule has 86 valence electrons. The van der Waals surface area contributed by atoms with E-state index in [9.17, 15) is 8.78 Å². The van der Waals surface area contributed by atoms with Crippen LogP contribution < -0.4 is 11.3 Å². The Morgan fingerprint density at radius 3 is 2.53 bits per heavy atom. The summed E-state index contributed by atoms with van der Waals surface area (Å²) in [5.41, 5.74) is 2.04. The monoisotopic (exact) mass is 254 g/mol. The molecule has 0 aliphatic carbocycles. The normalized spacial score (nSPS) is 14.2. The fourth-order valence-corrected chi connectivity index (χ4v) is 2.34. The van der Waals surface area contributed by atoms with Crippen molar-refractivity contribution in [3.8, 4) is 0 Å². The average molecular weight is 255 g/mol. The van der Waals surface area contributed by atoms with Crippen LogP contribution in [0, 0.1) is 0 Å². The van der Waals surface area contributed by atoms with E-state index in [-0.39, 0.29) is 6.42 Å². The molecule has 1 aromatic rings. The lowest BCUT2D eigenvalue weighted by atomic mass is 10.2. The molecule has 1 rings (SSSR count). The van der Waals surface area contributed by atoms with E-state index >= 15 is 0 Å². The second kappa shape index (κ2) is 5.21. The molecule has 1 aromatic heterocycles. The molecule has 0 spiro atoms. The van der Waals surface area contributed by atoms with Crippen molar-refractivity contribution in [2.45, 2.75) is 31.2 Å². The fourth-order valence-electron chi connectivity index (χ4n) is 1.19. The van der Waals surface area contributed by atoms with Crippen LogP contribution >= 0.6 is 22.9 Å². The highest BCUT2D eigenvalue weighted by Gasteiger charge is 2.36. The predicted molar refractivity (Wildman–Crippen MR) is 59.3 cm³/mol. The molecule has 6 heteroatoms. The third kappa shape index (κ3) is 3.68. The lowest BCUT2D eigenvalue weighted by Crippen LogP contribution is -2.46. The highest BCUT2D eigenvalue weighted by atomic mass is 35.5. The van der Waals surface area contributed by atoms with Gasteiger partial charge >= 0.3 is 5.38 Å². The SMILES string of the molecule is CCc1ccc(CC(NN)C(F)(F)Cl)s1. The topological polar surface area (TPSA) is 38.0 Å². The summed E-state index contributed by atoms with van der Waals surface area (Å²) in [5, 5.41) is -3.33. The molecular formula is C9H13ClF2N2S. The number of aryl methyl sites for hydroxylation is 1. The van der Waals surface area contributed by atoms with Crippen molar-refractivity contribution in [3.63, 3.8) is 0 Å². The van der Waals surface area contributed by atoms with Gasteiger partial charge in [0.15, 0.2) is 0 Å². The molecule has 0 saturated heterocycles. The van der Waals surface area contributed by atoms with Gasteiger partial charge in [0.25, 0.3) is 0 Å². The van der Waals surface area contributed by atoms with E-state index in [4.69, 9.17) is 17.4 Å². The highest BCUT2D eigenvalue weighted by Crippen LogP contribution is 2.27. The fraction of sp³-hybridized carbons (Fsp3) is 0.556. The number of rotatable bonds is 5. The van der Waals surface area contributed by atoms with E-state index in [0.29, 0.717) is 0 Å². The summed E-state index contributed by atoms with van der Waals surface area (Å²) in [7, 11) is 0. The minimum absolute atomic E-state index is 0.137. The van der Waals surface area contributed by atoms with Crippen LogP contribution in [0.15, 0.2) is 12.1 Å². The number of nitrogens with two attached hydrogens (primary N) is 1. The Labute approximate surface area is 96.4 Å². The first-order valence-electron chi connectivity index (χ1n) is 4.57. The summed E-state index contributed by atoms with van der Waals surface area (Å²) in [6, 6.07) is 2.53. The van der Waals surface area contributed by atoms with Crippen molar-refractivity contribution in [2.75, 3.05) is 0 Å². The molecule has 0 aromatic carbocycles. The van der Waals surface area contributed by atoms with Crippen LogP contribution in [0.5, 0.6) is 0 Å². The summed E-state index contributed by atoms with van der Waals surface area (Å²) in [5.74, 6) is 5.04. The number of hydrogen-bond donors (Lipinski definition) is 2. The van der Waals surface area contributed by atoms with Gasteiger partial charge in [0.2, 0.25) is 0 Å². The molecule has 0 aliphatic heterocycles. The lowest BCUT2D eigenvalue weighted by molar-refractivity contribution is 0.0506. The van der Waals surface area contributed by atoms with Crippen LogP contribution in [0.1, 0.15) is 16.7 Å². The minimum Gasteiger partial charge on any atom is -0.271 e. The Bertz CT molecular complexity index is 311. The Morgan fingerprint density at radius 2 is 2.13 bits per heavy atom. The number of nitrogens with one attached hydrogen (secondary N) is 1. The zero-order valence-electron chi connectivity index (χ0n) is 8.27. The summed E-state index contributed by atoms with van der Waals surface area (Å²) in [6.45, 7) is 2.02. The maximum absolute atomic E-state index is 12.8. The van der Waals surface area contributed by atoms with Gasteiger partial charge < -0.3 is 0 Å². The molecule has 0 bridgehead atoms. The molecule has 1 atom stereocenters. The number of hydrogen-bond acceptors (Lipinski definition) is 3. The molecule has 0 fully saturated rings. The first kappa shape index (κ1) is 12.8. The van der Waals surface area contributed by atoms with Crippen molar-refractivity contribution in [1.82, 2.24) is 5.43 Å². The van der Waals surface area contributed by atoms with Crippen molar-refractivity contribution >= 4 is 22.9 Å². The second-order valence-electron chi connectivity index (χ2n) is 3.19. The lowest BCUT2D eigenvalue weighted by Gasteiger charge is -2.19. The third-order valence-corrected chi connectivity index (χ3v) is 3.58. The molecule has 2 nitrogen and oxygen atoms in total. The quantitative estimate of drug-likeness (QED) is 0.481. The molecule has 0 aliphatic rings. The molecule has 0 saturated carbocycles. The van der Waals surface area contributed by atoms with E-state index < -0.39 is 11.4 Å². The highest BCUT2D eigenvalue weighted by molar-refractivity contribution is 7.12. The first-order chi connectivity index (χ1) is 6.97. The number of thiophene rings is 1. The smallest absolute Gasteiger partial charge is 0.271 e. The van der Waals surface area contributed by atoms with E-state index in [1.165, 1.54) is 16.2 Å². The maximum Gasteiger partial charge on any atom is 0.338 e. The Hall–Kier alpha value is -0.230. The van der Waals surface area contributed by atoms with E-state index in [1.807, 2.05) is 24.5 Å². The van der Waals surface area contributed by atoms with Crippen LogP contribution in [-0.4, -0.2) is 11.4 Å². The average Bonchev–Trinajstić information content (AvgIpc) is 2.59. The van der Waals surface area contributed by atoms with Gasteiger partial charge in [-0.15, -0.1) is 11.3 Å². The number of alkyl halides is 3. The zero-order valence-corrected chi connectivity index (χ0v) is 9.84. The van der Waals surface area contributed by atoms with Crippen LogP contribution in [0.2, 0.25) is 0 Å². The summed E-state index contributed by atoms with van der Waals surface area (Å²) < 4.78 is 25.6. The molecule has 15 heavy (non-hydrogen) atoms. The maximum atomic E-state index is 12.8. The van der Waals surface area contributed by atoms with Gasteiger partial charge in [-0.1, -0.05) is 6.92 Å². The van der Waals surface area contributed by atoms with Gasteiger partial charge in [-0.05, 0) is 30.2 Å². The number of hydrazine groups is 1. The summed E-state index contributed by atoms with van der Waals surface area (Å²) in [4.78, 5) is 2.02. The molecule has 1 heterocycles. The van der Waals surface area contributed by atoms with Gasteiger partial charge in [-0.25, -0.2) is 5.43 Å². The predicted octanol–water partition coefficient (Wildman–Crippen LogP) is 2.52.